The summed E-state index contributed by atoms with van der Waals surface area (Å²) >= 11 is 12.4. The number of carbonyl (C=O) groups is 1. The van der Waals surface area contributed by atoms with Gasteiger partial charge in [-0.3, -0.25) is 5.32 Å². The first kappa shape index (κ1) is 23.9. The standard InChI is InChI=1S/C24H22Cl2N3O2P/c1-14(27)21(29-24(30)31-15(2)18-6-3-4-8-20(18)25)22(32)17-11-9-16(10-12-17)19-7-5-13-28-23(19)26/h3-13,15,27H,32H2,1-2H3,(H,29,30)/b22-21+,27-14?. The van der Waals surface area contributed by atoms with Gasteiger partial charge in [-0.2, -0.15) is 0 Å². The maximum absolute atomic E-state index is 12.5. The Morgan fingerprint density at radius 2 is 1.78 bits per heavy atom. The van der Waals surface area contributed by atoms with E-state index in [0.29, 0.717) is 26.8 Å². The minimum Gasteiger partial charge on any atom is -0.441 e. The van der Waals surface area contributed by atoms with E-state index >= 15 is 0 Å². The molecule has 0 aliphatic rings. The first-order chi connectivity index (χ1) is 15.3. The molecule has 2 atom stereocenters. The molecule has 8 heteroatoms. The molecule has 3 aromatic rings. The predicted octanol–water partition coefficient (Wildman–Crippen LogP) is 7.13. The van der Waals surface area contributed by atoms with Crippen LogP contribution in [0.2, 0.25) is 10.2 Å². The maximum Gasteiger partial charge on any atom is 0.412 e. The zero-order valence-corrected chi connectivity index (χ0v) is 20.2. The highest BCUT2D eigenvalue weighted by Crippen LogP contribution is 2.30. The number of allylic oxidation sites excluding steroid dienone is 1. The number of ether oxygens (including phenoxy) is 1. The first-order valence-corrected chi connectivity index (χ1v) is 11.1. The van der Waals surface area contributed by atoms with Crippen molar-refractivity contribution in [1.29, 1.82) is 5.41 Å². The van der Waals surface area contributed by atoms with E-state index in [1.807, 2.05) is 48.5 Å². The molecule has 164 valence electrons. The quantitative estimate of drug-likeness (QED) is 0.221. The number of nitrogens with zero attached hydrogens (tertiary/aromatic N) is 1. The van der Waals surface area contributed by atoms with E-state index in [0.717, 1.165) is 16.7 Å². The number of amides is 1. The van der Waals surface area contributed by atoms with Crippen molar-refractivity contribution in [2.75, 3.05) is 0 Å². The monoisotopic (exact) mass is 485 g/mol. The average Bonchev–Trinajstić information content (AvgIpc) is 2.77. The number of aromatic nitrogens is 1. The lowest BCUT2D eigenvalue weighted by Crippen LogP contribution is -2.28. The third-order valence-electron chi connectivity index (χ3n) is 4.76. The summed E-state index contributed by atoms with van der Waals surface area (Å²) < 4.78 is 5.48. The Hall–Kier alpha value is -2.72. The SMILES string of the molecule is CC(=N)/C(NC(=O)OC(C)c1ccccc1Cl)=C(\P)c1ccc(-c2cccnc2Cl)cc1. The van der Waals surface area contributed by atoms with E-state index in [-0.39, 0.29) is 5.71 Å². The van der Waals surface area contributed by atoms with Gasteiger partial charge < -0.3 is 10.1 Å². The number of pyridine rings is 1. The molecule has 32 heavy (non-hydrogen) atoms. The lowest BCUT2D eigenvalue weighted by atomic mass is 10.0. The fourth-order valence-corrected chi connectivity index (χ4v) is 4.10. The van der Waals surface area contributed by atoms with E-state index in [2.05, 4.69) is 19.5 Å². The Bertz CT molecular complexity index is 1180. The van der Waals surface area contributed by atoms with Crippen molar-refractivity contribution in [3.63, 3.8) is 0 Å². The highest BCUT2D eigenvalue weighted by Gasteiger charge is 2.17. The van der Waals surface area contributed by atoms with Crippen LogP contribution in [-0.4, -0.2) is 16.8 Å². The number of alkyl carbamates (subject to hydrolysis) is 1. The molecule has 1 aromatic heterocycles. The highest BCUT2D eigenvalue weighted by atomic mass is 35.5. The van der Waals surface area contributed by atoms with Crippen LogP contribution in [0.1, 0.15) is 31.1 Å². The van der Waals surface area contributed by atoms with Gasteiger partial charge in [0.25, 0.3) is 0 Å². The zero-order valence-electron chi connectivity index (χ0n) is 17.5. The molecule has 0 saturated heterocycles. The summed E-state index contributed by atoms with van der Waals surface area (Å²) in [7, 11) is 2.58. The van der Waals surface area contributed by atoms with E-state index in [4.69, 9.17) is 33.3 Å². The molecular formula is C24H22Cl2N3O2P. The van der Waals surface area contributed by atoms with Crippen molar-refractivity contribution in [1.82, 2.24) is 10.3 Å². The minimum atomic E-state index is -0.669. The zero-order chi connectivity index (χ0) is 23.3. The smallest absolute Gasteiger partial charge is 0.412 e. The van der Waals surface area contributed by atoms with Gasteiger partial charge in [0, 0.05) is 27.7 Å². The van der Waals surface area contributed by atoms with Crippen molar-refractivity contribution < 1.29 is 9.53 Å². The summed E-state index contributed by atoms with van der Waals surface area (Å²) in [5.74, 6) is 0. The van der Waals surface area contributed by atoms with Crippen molar-refractivity contribution in [2.45, 2.75) is 20.0 Å². The van der Waals surface area contributed by atoms with Crippen molar-refractivity contribution in [3.05, 3.63) is 93.9 Å². The molecule has 0 spiro atoms. The largest absolute Gasteiger partial charge is 0.441 e. The second-order valence-corrected chi connectivity index (χ2v) is 8.37. The van der Waals surface area contributed by atoms with Crippen LogP contribution < -0.4 is 5.32 Å². The van der Waals surface area contributed by atoms with Gasteiger partial charge in [-0.1, -0.05) is 65.7 Å². The number of nitrogens with one attached hydrogen (secondary N) is 2. The Morgan fingerprint density at radius 3 is 2.41 bits per heavy atom. The third kappa shape index (κ3) is 5.74. The molecule has 3 rings (SSSR count). The van der Waals surface area contributed by atoms with Crippen molar-refractivity contribution in [2.24, 2.45) is 0 Å². The molecular weight excluding hydrogens is 464 g/mol. The summed E-state index contributed by atoms with van der Waals surface area (Å²) in [4.78, 5) is 16.6. The predicted molar refractivity (Wildman–Crippen MR) is 134 cm³/mol. The van der Waals surface area contributed by atoms with Gasteiger partial charge in [0.05, 0.1) is 11.4 Å². The molecule has 0 saturated carbocycles. The number of benzene rings is 2. The maximum atomic E-state index is 12.5. The molecule has 2 N–H and O–H groups in total. The van der Waals surface area contributed by atoms with Crippen LogP contribution in [0.4, 0.5) is 4.79 Å². The molecule has 0 aliphatic carbocycles. The summed E-state index contributed by atoms with van der Waals surface area (Å²) in [6.07, 6.45) is 0.422. The van der Waals surface area contributed by atoms with Gasteiger partial charge in [-0.05, 0) is 43.2 Å². The van der Waals surface area contributed by atoms with E-state index < -0.39 is 12.2 Å². The van der Waals surface area contributed by atoms with Crippen LogP contribution >= 0.6 is 32.4 Å². The molecule has 0 radical (unpaired) electrons. The lowest BCUT2D eigenvalue weighted by molar-refractivity contribution is 0.110. The van der Waals surface area contributed by atoms with Crippen LogP contribution in [-0.2, 0) is 4.74 Å². The Balaban J connectivity index is 1.80. The Labute approximate surface area is 199 Å². The van der Waals surface area contributed by atoms with Crippen LogP contribution in [0, 0.1) is 5.41 Å². The van der Waals surface area contributed by atoms with Crippen LogP contribution in [0.25, 0.3) is 16.4 Å². The van der Waals surface area contributed by atoms with Gasteiger partial charge in [0.1, 0.15) is 11.3 Å². The van der Waals surface area contributed by atoms with Crippen LogP contribution in [0.15, 0.2) is 72.6 Å². The van der Waals surface area contributed by atoms with Crippen LogP contribution in [0.3, 0.4) is 0 Å². The summed E-state index contributed by atoms with van der Waals surface area (Å²) in [5, 5.41) is 12.4. The third-order valence-corrected chi connectivity index (χ3v) is 6.03. The molecule has 1 heterocycles. The molecule has 2 aromatic carbocycles. The van der Waals surface area contributed by atoms with E-state index in [9.17, 15) is 4.79 Å². The van der Waals surface area contributed by atoms with Crippen molar-refractivity contribution >= 4 is 49.6 Å². The topological polar surface area (TPSA) is 75.1 Å². The second-order valence-electron chi connectivity index (χ2n) is 7.03. The molecule has 2 unspecified atom stereocenters. The van der Waals surface area contributed by atoms with E-state index in [1.54, 1.807) is 32.2 Å². The number of hydrogen-bond acceptors (Lipinski definition) is 4. The summed E-state index contributed by atoms with van der Waals surface area (Å²) in [6, 6.07) is 18.5. The van der Waals surface area contributed by atoms with Gasteiger partial charge in [-0.25, -0.2) is 9.78 Å². The summed E-state index contributed by atoms with van der Waals surface area (Å²) in [6.45, 7) is 3.34. The minimum absolute atomic E-state index is 0.191. The molecule has 1 amide bonds. The van der Waals surface area contributed by atoms with E-state index in [1.165, 1.54) is 0 Å². The number of hydrogen-bond donors (Lipinski definition) is 2. The average molecular weight is 486 g/mol. The molecule has 0 aliphatic heterocycles. The highest BCUT2D eigenvalue weighted by molar-refractivity contribution is 7.31. The van der Waals surface area contributed by atoms with Gasteiger partial charge >= 0.3 is 6.09 Å². The van der Waals surface area contributed by atoms with Crippen LogP contribution in [0.5, 0.6) is 0 Å². The Kier molecular flexibility index (Phi) is 8.03. The number of carbonyl (C=O) groups excluding carboxylic acids is 1. The fraction of sp³-hybridized carbons (Fsp3) is 0.125. The number of rotatable bonds is 6. The lowest BCUT2D eigenvalue weighted by Gasteiger charge is -2.18. The fourth-order valence-electron chi connectivity index (χ4n) is 3.10. The second kappa shape index (κ2) is 10.7. The number of halogens is 2. The molecule has 0 bridgehead atoms. The van der Waals surface area contributed by atoms with Crippen molar-refractivity contribution in [3.8, 4) is 11.1 Å². The molecule has 0 fully saturated rings. The summed E-state index contributed by atoms with van der Waals surface area (Å²) in [5.41, 5.74) is 3.81. The van der Waals surface area contributed by atoms with Gasteiger partial charge in [-0.15, -0.1) is 9.24 Å². The normalized spacial score (nSPS) is 12.5. The molecule has 5 nitrogen and oxygen atoms in total. The van der Waals surface area contributed by atoms with Gasteiger partial charge in [0.15, 0.2) is 0 Å². The Morgan fingerprint density at radius 1 is 1.09 bits per heavy atom. The first-order valence-electron chi connectivity index (χ1n) is 9.76. The van der Waals surface area contributed by atoms with Gasteiger partial charge in [0.2, 0.25) is 0 Å².